The summed E-state index contributed by atoms with van der Waals surface area (Å²) in [6.45, 7) is 11.5. The molecule has 0 unspecified atom stereocenters. The first-order chi connectivity index (χ1) is 12.6. The lowest BCUT2D eigenvalue weighted by molar-refractivity contribution is -0.135. The molecule has 1 saturated heterocycles. The fourth-order valence-corrected chi connectivity index (χ4v) is 4.96. The topological polar surface area (TPSA) is 26.8 Å². The fourth-order valence-electron chi connectivity index (χ4n) is 4.96. The number of hydrogen-bond donors (Lipinski definition) is 0. The number of benzene rings is 1. The minimum atomic E-state index is 0.127. The molecule has 3 rings (SSSR count). The number of hydrogen-bond acceptors (Lipinski definition) is 3. The second-order valence-corrected chi connectivity index (χ2v) is 8.05. The van der Waals surface area contributed by atoms with Gasteiger partial charge in [-0.15, -0.1) is 0 Å². The van der Waals surface area contributed by atoms with Crippen LogP contribution in [0.1, 0.15) is 51.5 Å². The van der Waals surface area contributed by atoms with Gasteiger partial charge in [0, 0.05) is 58.3 Å². The molecule has 0 aromatic heterocycles. The number of carbonyl (C=O) groups is 1. The Balaban J connectivity index is 1.48. The largest absolute Gasteiger partial charge is 0.337 e. The quantitative estimate of drug-likeness (QED) is 0.748. The van der Waals surface area contributed by atoms with Crippen LogP contribution in [0.15, 0.2) is 30.3 Å². The van der Waals surface area contributed by atoms with E-state index in [1.54, 1.807) is 6.92 Å². The van der Waals surface area contributed by atoms with E-state index in [4.69, 9.17) is 0 Å². The van der Waals surface area contributed by atoms with Crippen molar-refractivity contribution in [1.29, 1.82) is 0 Å². The molecular formula is C22H35N3O. The molecule has 2 aliphatic rings. The Bertz CT molecular complexity index is 560. The molecule has 0 bridgehead atoms. The molecule has 0 radical (unpaired) electrons. The molecule has 4 nitrogen and oxygen atoms in total. The number of carbonyl (C=O) groups excluding carboxylic acids is 1. The standard InChI is InChI=1S/C22H35N3O/c1-3-25(20(2)26)22(11-7-8-12-22)13-14-23-15-17-24(18-16-23)19-21-9-5-4-6-10-21/h4-6,9-10H,3,7-8,11-19H2,1-2H3. The van der Waals surface area contributed by atoms with Crippen LogP contribution in [0.25, 0.3) is 0 Å². The van der Waals surface area contributed by atoms with Crippen LogP contribution in [-0.2, 0) is 11.3 Å². The second-order valence-electron chi connectivity index (χ2n) is 8.05. The highest BCUT2D eigenvalue weighted by atomic mass is 16.2. The predicted octanol–water partition coefficient (Wildman–Crippen LogP) is 3.38. The van der Waals surface area contributed by atoms with Crippen molar-refractivity contribution >= 4 is 5.91 Å². The van der Waals surface area contributed by atoms with E-state index in [-0.39, 0.29) is 11.4 Å². The van der Waals surface area contributed by atoms with Crippen LogP contribution in [0.4, 0.5) is 0 Å². The maximum atomic E-state index is 12.1. The maximum absolute atomic E-state index is 12.1. The summed E-state index contributed by atoms with van der Waals surface area (Å²) >= 11 is 0. The molecule has 1 aromatic rings. The first-order valence-electron chi connectivity index (χ1n) is 10.4. The highest BCUT2D eigenvalue weighted by Gasteiger charge is 2.40. The fraction of sp³-hybridized carbons (Fsp3) is 0.682. The van der Waals surface area contributed by atoms with Gasteiger partial charge in [-0.25, -0.2) is 0 Å². The Labute approximate surface area is 159 Å². The van der Waals surface area contributed by atoms with E-state index in [9.17, 15) is 4.79 Å². The molecule has 1 aliphatic carbocycles. The average molecular weight is 358 g/mol. The number of nitrogens with zero attached hydrogens (tertiary/aromatic N) is 3. The van der Waals surface area contributed by atoms with Crippen LogP contribution in [0.3, 0.4) is 0 Å². The smallest absolute Gasteiger partial charge is 0.219 e. The summed E-state index contributed by atoms with van der Waals surface area (Å²) in [4.78, 5) is 19.5. The number of amides is 1. The summed E-state index contributed by atoms with van der Waals surface area (Å²) < 4.78 is 0. The summed E-state index contributed by atoms with van der Waals surface area (Å²) in [6.07, 6.45) is 6.06. The van der Waals surface area contributed by atoms with E-state index in [0.29, 0.717) is 0 Å². The van der Waals surface area contributed by atoms with Crippen molar-refractivity contribution in [1.82, 2.24) is 14.7 Å². The highest BCUT2D eigenvalue weighted by molar-refractivity contribution is 5.74. The van der Waals surface area contributed by atoms with Gasteiger partial charge in [-0.3, -0.25) is 9.69 Å². The molecule has 1 saturated carbocycles. The Morgan fingerprint density at radius 2 is 1.65 bits per heavy atom. The van der Waals surface area contributed by atoms with E-state index < -0.39 is 0 Å². The molecular weight excluding hydrogens is 322 g/mol. The molecule has 1 aromatic carbocycles. The minimum absolute atomic E-state index is 0.127. The summed E-state index contributed by atoms with van der Waals surface area (Å²) in [5, 5.41) is 0. The van der Waals surface area contributed by atoms with Crippen molar-refractivity contribution in [2.45, 2.75) is 58.0 Å². The van der Waals surface area contributed by atoms with Crippen molar-refractivity contribution in [3.05, 3.63) is 35.9 Å². The van der Waals surface area contributed by atoms with Gasteiger partial charge in [0.25, 0.3) is 0 Å². The number of piperazine rings is 1. The monoisotopic (exact) mass is 357 g/mol. The third kappa shape index (κ3) is 4.66. The van der Waals surface area contributed by atoms with Gasteiger partial charge >= 0.3 is 0 Å². The van der Waals surface area contributed by atoms with Gasteiger partial charge in [-0.2, -0.15) is 0 Å². The molecule has 144 valence electrons. The predicted molar refractivity (Wildman–Crippen MR) is 107 cm³/mol. The molecule has 26 heavy (non-hydrogen) atoms. The Morgan fingerprint density at radius 1 is 1.04 bits per heavy atom. The van der Waals surface area contributed by atoms with Gasteiger partial charge < -0.3 is 9.80 Å². The first kappa shape index (κ1) is 19.4. The Morgan fingerprint density at radius 3 is 2.23 bits per heavy atom. The first-order valence-corrected chi connectivity index (χ1v) is 10.4. The second kappa shape index (κ2) is 9.01. The molecule has 4 heteroatoms. The van der Waals surface area contributed by atoms with Crippen LogP contribution in [0, 0.1) is 0 Å². The summed E-state index contributed by atoms with van der Waals surface area (Å²) in [6, 6.07) is 10.8. The zero-order valence-corrected chi connectivity index (χ0v) is 16.6. The van der Waals surface area contributed by atoms with Crippen LogP contribution < -0.4 is 0 Å². The van der Waals surface area contributed by atoms with Crippen LogP contribution in [0.5, 0.6) is 0 Å². The molecule has 0 N–H and O–H groups in total. The van der Waals surface area contributed by atoms with Crippen molar-refractivity contribution < 1.29 is 4.79 Å². The maximum Gasteiger partial charge on any atom is 0.219 e. The molecule has 0 atom stereocenters. The van der Waals surface area contributed by atoms with Crippen molar-refractivity contribution in [2.24, 2.45) is 0 Å². The molecule has 1 heterocycles. The third-order valence-corrected chi connectivity index (χ3v) is 6.41. The SMILES string of the molecule is CCN(C(C)=O)C1(CCN2CCN(Cc3ccccc3)CC2)CCCC1. The highest BCUT2D eigenvalue weighted by Crippen LogP contribution is 2.38. The number of rotatable bonds is 7. The lowest BCUT2D eigenvalue weighted by Crippen LogP contribution is -2.52. The summed E-state index contributed by atoms with van der Waals surface area (Å²) in [7, 11) is 0. The summed E-state index contributed by atoms with van der Waals surface area (Å²) in [5.41, 5.74) is 1.53. The van der Waals surface area contributed by atoms with Crippen LogP contribution >= 0.6 is 0 Å². The lowest BCUT2D eigenvalue weighted by atomic mass is 9.90. The van der Waals surface area contributed by atoms with Crippen molar-refractivity contribution in [3.63, 3.8) is 0 Å². The van der Waals surface area contributed by atoms with Gasteiger partial charge in [0.15, 0.2) is 0 Å². The van der Waals surface area contributed by atoms with E-state index in [1.807, 2.05) is 0 Å². The van der Waals surface area contributed by atoms with Crippen molar-refractivity contribution in [2.75, 3.05) is 39.3 Å². The Hall–Kier alpha value is -1.39. The Kier molecular flexibility index (Phi) is 6.71. The van der Waals surface area contributed by atoms with Gasteiger partial charge in [0.1, 0.15) is 0 Å². The van der Waals surface area contributed by atoms with Crippen LogP contribution in [-0.4, -0.2) is 65.4 Å². The zero-order valence-electron chi connectivity index (χ0n) is 16.6. The molecule has 1 aliphatic heterocycles. The van der Waals surface area contributed by atoms with E-state index in [0.717, 1.165) is 52.2 Å². The van der Waals surface area contributed by atoms with E-state index in [2.05, 4.69) is 52.0 Å². The van der Waals surface area contributed by atoms with Gasteiger partial charge in [0.05, 0.1) is 0 Å². The normalized spacial score (nSPS) is 21.0. The minimum Gasteiger partial charge on any atom is -0.337 e. The molecule has 0 spiro atoms. The van der Waals surface area contributed by atoms with E-state index >= 15 is 0 Å². The van der Waals surface area contributed by atoms with Gasteiger partial charge in [-0.05, 0) is 31.7 Å². The molecule has 2 fully saturated rings. The third-order valence-electron chi connectivity index (χ3n) is 6.41. The summed E-state index contributed by atoms with van der Waals surface area (Å²) in [5.74, 6) is 0.252. The van der Waals surface area contributed by atoms with Gasteiger partial charge in [0.2, 0.25) is 5.91 Å². The average Bonchev–Trinajstić information content (AvgIpc) is 3.12. The van der Waals surface area contributed by atoms with E-state index in [1.165, 1.54) is 31.2 Å². The molecule has 1 amide bonds. The lowest BCUT2D eigenvalue weighted by Gasteiger charge is -2.43. The van der Waals surface area contributed by atoms with Crippen molar-refractivity contribution in [3.8, 4) is 0 Å². The zero-order chi connectivity index (χ0) is 18.4. The van der Waals surface area contributed by atoms with Gasteiger partial charge in [-0.1, -0.05) is 43.2 Å². The van der Waals surface area contributed by atoms with Crippen LogP contribution in [0.2, 0.25) is 0 Å².